The summed E-state index contributed by atoms with van der Waals surface area (Å²) in [7, 11) is 0. The molecule has 1 saturated carbocycles. The van der Waals surface area contributed by atoms with Gasteiger partial charge in [-0.05, 0) is 17.9 Å². The van der Waals surface area contributed by atoms with E-state index in [1.807, 2.05) is 30.3 Å². The van der Waals surface area contributed by atoms with Crippen LogP contribution in [0.25, 0.3) is 0 Å². The molecule has 3 rings (SSSR count). The Kier molecular flexibility index (Phi) is 2.37. The summed E-state index contributed by atoms with van der Waals surface area (Å²) >= 11 is 1.76. The smallest absolute Gasteiger partial charge is 0.166 e. The number of carbonyl (C=O) groups excluding carboxylic acids is 1. The fourth-order valence-electron chi connectivity index (χ4n) is 2.12. The molecule has 1 nitrogen and oxygen atoms in total. The van der Waals surface area contributed by atoms with E-state index in [-0.39, 0.29) is 5.92 Å². The van der Waals surface area contributed by atoms with Crippen LogP contribution in [0.5, 0.6) is 0 Å². The lowest BCUT2D eigenvalue weighted by Gasteiger charge is -1.98. The minimum Gasteiger partial charge on any atom is -0.294 e. The molecule has 2 atom stereocenters. The Morgan fingerprint density at radius 2 is 1.94 bits per heavy atom. The van der Waals surface area contributed by atoms with Gasteiger partial charge in [-0.25, -0.2) is 0 Å². The number of hydrogen-bond acceptors (Lipinski definition) is 2. The first-order chi connectivity index (χ1) is 7.86. The molecule has 1 fully saturated rings. The van der Waals surface area contributed by atoms with Gasteiger partial charge in [0.15, 0.2) is 5.78 Å². The van der Waals surface area contributed by atoms with Crippen LogP contribution in [-0.4, -0.2) is 5.78 Å². The van der Waals surface area contributed by atoms with Gasteiger partial charge in [0.05, 0.1) is 0 Å². The van der Waals surface area contributed by atoms with Crippen molar-refractivity contribution in [2.24, 2.45) is 5.92 Å². The van der Waals surface area contributed by atoms with E-state index in [2.05, 4.69) is 17.5 Å². The lowest BCUT2D eigenvalue weighted by Crippen LogP contribution is -2.02. The van der Waals surface area contributed by atoms with E-state index >= 15 is 0 Å². The monoisotopic (exact) mass is 228 g/mol. The highest BCUT2D eigenvalue weighted by Crippen LogP contribution is 2.50. The Morgan fingerprint density at radius 3 is 2.62 bits per heavy atom. The third-order valence-corrected chi connectivity index (χ3v) is 4.10. The van der Waals surface area contributed by atoms with Crippen molar-refractivity contribution in [3.8, 4) is 0 Å². The molecule has 1 aliphatic carbocycles. The number of Topliss-reactive ketones (excluding diaryl/α,β-unsaturated/α-hetero) is 1. The van der Waals surface area contributed by atoms with Crippen LogP contribution in [0.1, 0.15) is 27.6 Å². The SMILES string of the molecule is O=C(c1ccccc1)[C@@H]1C[C@H]1c1cccs1. The molecule has 0 unspecified atom stereocenters. The quantitative estimate of drug-likeness (QED) is 0.731. The Balaban J connectivity index is 1.76. The average molecular weight is 228 g/mol. The Hall–Kier alpha value is -1.41. The van der Waals surface area contributed by atoms with Crippen LogP contribution in [0.4, 0.5) is 0 Å². The van der Waals surface area contributed by atoms with Crippen LogP contribution in [-0.2, 0) is 0 Å². The molecular formula is C14H12OS. The van der Waals surface area contributed by atoms with Crippen LogP contribution in [0.15, 0.2) is 47.8 Å². The van der Waals surface area contributed by atoms with Gasteiger partial charge in [-0.1, -0.05) is 36.4 Å². The molecule has 0 amide bonds. The van der Waals surface area contributed by atoms with Gasteiger partial charge in [0.1, 0.15) is 0 Å². The van der Waals surface area contributed by atoms with Gasteiger partial charge in [0.25, 0.3) is 0 Å². The second-order valence-corrected chi connectivity index (χ2v) is 5.17. The van der Waals surface area contributed by atoms with E-state index in [4.69, 9.17) is 0 Å². The first kappa shape index (κ1) is 9.79. The molecule has 0 spiro atoms. The Bertz CT molecular complexity index is 487. The summed E-state index contributed by atoms with van der Waals surface area (Å²) in [5.41, 5.74) is 0.853. The van der Waals surface area contributed by atoms with Crippen molar-refractivity contribution >= 4 is 17.1 Å². The van der Waals surface area contributed by atoms with Crippen molar-refractivity contribution in [3.63, 3.8) is 0 Å². The van der Waals surface area contributed by atoms with E-state index in [0.717, 1.165) is 12.0 Å². The topological polar surface area (TPSA) is 17.1 Å². The molecule has 1 heterocycles. The zero-order chi connectivity index (χ0) is 11.0. The van der Waals surface area contributed by atoms with Gasteiger partial charge in [-0.15, -0.1) is 11.3 Å². The summed E-state index contributed by atoms with van der Waals surface area (Å²) in [6.07, 6.45) is 1.02. The maximum absolute atomic E-state index is 12.1. The normalized spacial score (nSPS) is 23.0. The van der Waals surface area contributed by atoms with Crippen molar-refractivity contribution in [2.45, 2.75) is 12.3 Å². The van der Waals surface area contributed by atoms with Gasteiger partial charge in [0, 0.05) is 22.3 Å². The molecule has 0 saturated heterocycles. The Labute approximate surface area is 98.7 Å². The lowest BCUT2D eigenvalue weighted by atomic mass is 10.1. The molecule has 2 heteroatoms. The highest BCUT2D eigenvalue weighted by Gasteiger charge is 2.44. The van der Waals surface area contributed by atoms with E-state index in [1.165, 1.54) is 4.88 Å². The van der Waals surface area contributed by atoms with E-state index in [9.17, 15) is 4.79 Å². The number of ketones is 1. The molecule has 0 N–H and O–H groups in total. The van der Waals surface area contributed by atoms with Crippen molar-refractivity contribution in [1.82, 2.24) is 0 Å². The third kappa shape index (κ3) is 1.69. The second kappa shape index (κ2) is 3.87. The van der Waals surface area contributed by atoms with E-state index in [1.54, 1.807) is 11.3 Å². The summed E-state index contributed by atoms with van der Waals surface area (Å²) < 4.78 is 0. The molecule has 1 aromatic heterocycles. The number of thiophene rings is 1. The first-order valence-electron chi connectivity index (χ1n) is 5.49. The maximum atomic E-state index is 12.1. The van der Waals surface area contributed by atoms with Gasteiger partial charge in [-0.2, -0.15) is 0 Å². The van der Waals surface area contributed by atoms with Crippen molar-refractivity contribution in [3.05, 3.63) is 58.3 Å². The summed E-state index contributed by atoms with van der Waals surface area (Å²) in [6, 6.07) is 13.8. The molecule has 80 valence electrons. The second-order valence-electron chi connectivity index (χ2n) is 4.19. The predicted molar refractivity (Wildman–Crippen MR) is 65.9 cm³/mol. The molecule has 0 radical (unpaired) electrons. The average Bonchev–Trinajstić information content (AvgIpc) is 2.95. The Morgan fingerprint density at radius 1 is 1.12 bits per heavy atom. The van der Waals surface area contributed by atoms with Crippen molar-refractivity contribution in [2.75, 3.05) is 0 Å². The van der Waals surface area contributed by atoms with Crippen LogP contribution in [0.3, 0.4) is 0 Å². The number of carbonyl (C=O) groups is 1. The van der Waals surface area contributed by atoms with Crippen LogP contribution >= 0.6 is 11.3 Å². The van der Waals surface area contributed by atoms with Crippen LogP contribution in [0.2, 0.25) is 0 Å². The summed E-state index contributed by atoms with van der Waals surface area (Å²) in [6.45, 7) is 0. The maximum Gasteiger partial charge on any atom is 0.166 e. The minimum absolute atomic E-state index is 0.223. The van der Waals surface area contributed by atoms with Gasteiger partial charge >= 0.3 is 0 Å². The summed E-state index contributed by atoms with van der Waals surface area (Å²) in [4.78, 5) is 13.5. The highest BCUT2D eigenvalue weighted by molar-refractivity contribution is 7.10. The highest BCUT2D eigenvalue weighted by atomic mass is 32.1. The fraction of sp³-hybridized carbons (Fsp3) is 0.214. The number of benzene rings is 1. The molecule has 1 aromatic carbocycles. The molecule has 0 aliphatic heterocycles. The fourth-order valence-corrected chi connectivity index (χ4v) is 3.02. The molecule has 0 bridgehead atoms. The van der Waals surface area contributed by atoms with Gasteiger partial charge < -0.3 is 0 Å². The first-order valence-corrected chi connectivity index (χ1v) is 6.37. The molecule has 16 heavy (non-hydrogen) atoms. The summed E-state index contributed by atoms with van der Waals surface area (Å²) in [5, 5.41) is 2.08. The lowest BCUT2D eigenvalue weighted by molar-refractivity contribution is 0.0965. The minimum atomic E-state index is 0.223. The van der Waals surface area contributed by atoms with E-state index in [0.29, 0.717) is 11.7 Å². The molecule has 2 aromatic rings. The standard InChI is InChI=1S/C14H12OS/c15-14(10-5-2-1-3-6-10)12-9-11(12)13-7-4-8-16-13/h1-8,11-12H,9H2/t11-,12-/m1/s1. The van der Waals surface area contributed by atoms with Crippen LogP contribution < -0.4 is 0 Å². The van der Waals surface area contributed by atoms with Gasteiger partial charge in [0.2, 0.25) is 0 Å². The van der Waals surface area contributed by atoms with Crippen LogP contribution in [0, 0.1) is 5.92 Å². The predicted octanol–water partition coefficient (Wildman–Crippen LogP) is 3.73. The number of hydrogen-bond donors (Lipinski definition) is 0. The summed E-state index contributed by atoms with van der Waals surface area (Å²) in [5.74, 6) is 1.01. The zero-order valence-corrected chi connectivity index (χ0v) is 9.61. The van der Waals surface area contributed by atoms with Crippen molar-refractivity contribution in [1.29, 1.82) is 0 Å². The van der Waals surface area contributed by atoms with Crippen molar-refractivity contribution < 1.29 is 4.79 Å². The number of rotatable bonds is 3. The van der Waals surface area contributed by atoms with Gasteiger partial charge in [-0.3, -0.25) is 4.79 Å². The molecule has 1 aliphatic rings. The molecular weight excluding hydrogens is 216 g/mol. The van der Waals surface area contributed by atoms with E-state index < -0.39 is 0 Å². The third-order valence-electron chi connectivity index (χ3n) is 3.09. The largest absolute Gasteiger partial charge is 0.294 e. The zero-order valence-electron chi connectivity index (χ0n) is 8.80.